The summed E-state index contributed by atoms with van der Waals surface area (Å²) >= 11 is 0. The van der Waals surface area contributed by atoms with E-state index in [2.05, 4.69) is 0 Å². The van der Waals surface area contributed by atoms with Gasteiger partial charge in [0.1, 0.15) is 11.9 Å². The largest absolute Gasteiger partial charge is 0.496 e. The molecule has 0 aliphatic carbocycles. The summed E-state index contributed by atoms with van der Waals surface area (Å²) in [7, 11) is 2.93. The Morgan fingerprint density at radius 3 is 2.27 bits per heavy atom. The molecule has 0 radical (unpaired) electrons. The number of halogens is 3. The summed E-state index contributed by atoms with van der Waals surface area (Å²) < 4.78 is 56.9. The zero-order valence-electron chi connectivity index (χ0n) is 25.9. The average Bonchev–Trinajstić information content (AvgIpc) is 3.28. The van der Waals surface area contributed by atoms with Crippen molar-refractivity contribution >= 4 is 12.1 Å². The molecule has 234 valence electrons. The zero-order valence-corrected chi connectivity index (χ0v) is 25.9. The van der Waals surface area contributed by atoms with Crippen molar-refractivity contribution in [2.24, 2.45) is 0 Å². The van der Waals surface area contributed by atoms with Crippen LogP contribution in [0.25, 0.3) is 22.3 Å². The predicted octanol–water partition coefficient (Wildman–Crippen LogP) is 8.84. The van der Waals surface area contributed by atoms with Crippen LogP contribution in [0.2, 0.25) is 0 Å². The van der Waals surface area contributed by atoms with Gasteiger partial charge in [-0.2, -0.15) is 13.2 Å². The lowest BCUT2D eigenvalue weighted by Crippen LogP contribution is -2.31. The third kappa shape index (κ3) is 6.38. The number of carbonyl (C=O) groups is 2. The number of benzene rings is 4. The number of hydrogen-bond donors (Lipinski definition) is 0. The van der Waals surface area contributed by atoms with Crippen molar-refractivity contribution in [1.82, 2.24) is 4.90 Å². The van der Waals surface area contributed by atoms with E-state index in [0.717, 1.165) is 51.1 Å². The van der Waals surface area contributed by atoms with Gasteiger partial charge in [0.2, 0.25) is 0 Å². The number of esters is 1. The van der Waals surface area contributed by atoms with Crippen molar-refractivity contribution < 1.29 is 37.0 Å². The Hall–Kier alpha value is -4.79. The Morgan fingerprint density at radius 2 is 1.60 bits per heavy atom. The number of aryl methyl sites for hydroxylation is 3. The van der Waals surface area contributed by atoms with Gasteiger partial charge in [0.05, 0.1) is 37.9 Å². The van der Waals surface area contributed by atoms with Crippen molar-refractivity contribution in [3.63, 3.8) is 0 Å². The van der Waals surface area contributed by atoms with Gasteiger partial charge >= 0.3 is 18.2 Å². The number of carbonyl (C=O) groups excluding carboxylic acids is 2. The summed E-state index contributed by atoms with van der Waals surface area (Å²) in [6, 6.07) is 20.4. The van der Waals surface area contributed by atoms with Crippen molar-refractivity contribution in [1.29, 1.82) is 0 Å². The van der Waals surface area contributed by atoms with E-state index in [1.807, 2.05) is 56.3 Å². The lowest BCUT2D eigenvalue weighted by Gasteiger charge is -2.24. The first-order valence-electron chi connectivity index (χ1n) is 14.4. The fourth-order valence-corrected chi connectivity index (χ4v) is 5.92. The highest BCUT2D eigenvalue weighted by atomic mass is 19.4. The second-order valence-electron chi connectivity index (χ2n) is 11.4. The smallest absolute Gasteiger partial charge is 0.416 e. The molecule has 0 N–H and O–H groups in total. The van der Waals surface area contributed by atoms with E-state index in [1.165, 1.54) is 7.11 Å². The van der Waals surface area contributed by atoms with Crippen LogP contribution in [-0.4, -0.2) is 37.2 Å². The number of amides is 1. The Kier molecular flexibility index (Phi) is 8.65. The van der Waals surface area contributed by atoms with Crippen LogP contribution in [-0.2, 0) is 22.2 Å². The fraction of sp³-hybridized carbons (Fsp3) is 0.278. The monoisotopic (exact) mass is 617 g/mol. The van der Waals surface area contributed by atoms with E-state index < -0.39 is 35.9 Å². The normalized spacial score (nSPS) is 16.5. The van der Waals surface area contributed by atoms with Crippen LogP contribution in [0.4, 0.5) is 18.0 Å². The number of ether oxygens (including phenoxy) is 3. The zero-order chi connectivity index (χ0) is 32.6. The van der Waals surface area contributed by atoms with Crippen molar-refractivity contribution in [3.8, 4) is 28.0 Å². The SMILES string of the molecule is COC(=O)c1ccc(-c2ccc(OC)c(-c3ccc(C)cc3CN3C(=O)O[C@H](c4cc(C)cc(C(F)(F)F)c4)[C@@H]3C)c2)c(C)c1. The van der Waals surface area contributed by atoms with Crippen molar-refractivity contribution in [3.05, 3.63) is 112 Å². The molecular weight excluding hydrogens is 583 g/mol. The number of rotatable bonds is 7. The van der Waals surface area contributed by atoms with Gasteiger partial charge in [-0.05, 0) is 97.5 Å². The van der Waals surface area contributed by atoms with Crippen LogP contribution in [0.3, 0.4) is 0 Å². The second-order valence-corrected chi connectivity index (χ2v) is 11.4. The first-order chi connectivity index (χ1) is 21.3. The summed E-state index contributed by atoms with van der Waals surface area (Å²) in [5.74, 6) is 0.214. The van der Waals surface area contributed by atoms with Gasteiger partial charge in [-0.1, -0.05) is 47.5 Å². The molecule has 0 bridgehead atoms. The molecule has 1 aliphatic heterocycles. The molecule has 1 saturated heterocycles. The number of methoxy groups -OCH3 is 2. The van der Waals surface area contributed by atoms with Gasteiger partial charge in [-0.25, -0.2) is 9.59 Å². The average molecular weight is 618 g/mol. The summed E-state index contributed by atoms with van der Waals surface area (Å²) in [5, 5.41) is 0. The Bertz CT molecular complexity index is 1780. The molecule has 4 aromatic carbocycles. The summed E-state index contributed by atoms with van der Waals surface area (Å²) in [6.07, 6.45) is -5.98. The highest BCUT2D eigenvalue weighted by Crippen LogP contribution is 2.41. The van der Waals surface area contributed by atoms with E-state index >= 15 is 0 Å². The van der Waals surface area contributed by atoms with E-state index in [0.29, 0.717) is 22.4 Å². The van der Waals surface area contributed by atoms with Gasteiger partial charge in [0.25, 0.3) is 0 Å². The van der Waals surface area contributed by atoms with Crippen LogP contribution in [0, 0.1) is 20.8 Å². The van der Waals surface area contributed by atoms with Gasteiger partial charge in [-0.3, -0.25) is 4.90 Å². The minimum Gasteiger partial charge on any atom is -0.496 e. The van der Waals surface area contributed by atoms with Crippen LogP contribution < -0.4 is 4.74 Å². The third-order valence-electron chi connectivity index (χ3n) is 8.20. The molecule has 1 aliphatic rings. The van der Waals surface area contributed by atoms with Crippen molar-refractivity contribution in [2.45, 2.75) is 52.6 Å². The van der Waals surface area contributed by atoms with Crippen LogP contribution in [0.5, 0.6) is 5.75 Å². The van der Waals surface area contributed by atoms with E-state index in [1.54, 1.807) is 44.1 Å². The minimum atomic E-state index is -4.52. The summed E-state index contributed by atoms with van der Waals surface area (Å²) in [4.78, 5) is 26.8. The fourth-order valence-electron chi connectivity index (χ4n) is 5.92. The first kappa shape index (κ1) is 31.6. The Balaban J connectivity index is 1.51. The molecule has 1 heterocycles. The molecule has 1 fully saturated rings. The molecule has 45 heavy (non-hydrogen) atoms. The number of nitrogens with zero attached hydrogens (tertiary/aromatic N) is 1. The molecule has 0 aromatic heterocycles. The maximum absolute atomic E-state index is 13.6. The Labute approximate surface area is 260 Å². The topological polar surface area (TPSA) is 65.1 Å². The van der Waals surface area contributed by atoms with Crippen LogP contribution in [0.1, 0.15) is 56.8 Å². The standard InChI is InChI=1S/C36H34F3NO5/c1-20-7-10-30(31-18-24(9-12-32(31)43-5)29-11-8-25(16-22(29)3)34(41)44-6)27(13-20)19-40-23(4)33(45-35(40)42)26-14-21(2)15-28(17-26)36(37,38)39/h7-18,23,33H,19H2,1-6H3/t23-,33-/m0/s1. The highest BCUT2D eigenvalue weighted by molar-refractivity contribution is 5.91. The van der Waals surface area contributed by atoms with Gasteiger partial charge in [0.15, 0.2) is 0 Å². The van der Waals surface area contributed by atoms with Gasteiger partial charge in [0, 0.05) is 5.56 Å². The molecule has 2 atom stereocenters. The van der Waals surface area contributed by atoms with E-state index in [9.17, 15) is 22.8 Å². The molecule has 5 rings (SSSR count). The van der Waals surface area contributed by atoms with Gasteiger partial charge in [-0.15, -0.1) is 0 Å². The summed E-state index contributed by atoms with van der Waals surface area (Å²) in [6.45, 7) is 7.42. The molecule has 0 spiro atoms. The molecule has 0 saturated carbocycles. The minimum absolute atomic E-state index is 0.172. The first-order valence-corrected chi connectivity index (χ1v) is 14.4. The second kappa shape index (κ2) is 12.3. The number of alkyl halides is 3. The molecular formula is C36H34F3NO5. The van der Waals surface area contributed by atoms with Crippen molar-refractivity contribution in [2.75, 3.05) is 14.2 Å². The van der Waals surface area contributed by atoms with Crippen LogP contribution in [0.15, 0.2) is 72.8 Å². The summed E-state index contributed by atoms with van der Waals surface area (Å²) in [5.41, 5.74) is 6.58. The Morgan fingerprint density at radius 1 is 0.867 bits per heavy atom. The lowest BCUT2D eigenvalue weighted by atomic mass is 9.91. The third-order valence-corrected chi connectivity index (χ3v) is 8.20. The van der Waals surface area contributed by atoms with E-state index in [-0.39, 0.29) is 6.54 Å². The molecule has 1 amide bonds. The molecule has 4 aromatic rings. The lowest BCUT2D eigenvalue weighted by molar-refractivity contribution is -0.137. The number of cyclic esters (lactones) is 1. The molecule has 0 unspecified atom stereocenters. The quantitative estimate of drug-likeness (QED) is 0.194. The highest BCUT2D eigenvalue weighted by Gasteiger charge is 2.41. The molecule has 9 heteroatoms. The maximum atomic E-state index is 13.6. The maximum Gasteiger partial charge on any atom is 0.416 e. The van der Waals surface area contributed by atoms with Crippen LogP contribution >= 0.6 is 0 Å². The van der Waals surface area contributed by atoms with E-state index in [4.69, 9.17) is 14.2 Å². The molecule has 6 nitrogen and oxygen atoms in total. The predicted molar refractivity (Wildman–Crippen MR) is 165 cm³/mol. The van der Waals surface area contributed by atoms with Gasteiger partial charge < -0.3 is 14.2 Å². The number of hydrogen-bond acceptors (Lipinski definition) is 5.